The molecule has 7 heteroatoms. The van der Waals surface area contributed by atoms with E-state index in [9.17, 15) is 5.11 Å². The molecule has 1 fully saturated rings. The minimum absolute atomic E-state index is 0.361. The molecule has 0 amide bonds. The summed E-state index contributed by atoms with van der Waals surface area (Å²) in [5, 5.41) is 18.4. The molecule has 114 valence electrons. The average molecular weight is 310 g/mol. The Morgan fingerprint density at radius 1 is 1.48 bits per heavy atom. The van der Waals surface area contributed by atoms with Crippen molar-refractivity contribution >= 4 is 23.2 Å². The van der Waals surface area contributed by atoms with Crippen molar-refractivity contribution in [3.8, 4) is 0 Å². The molecule has 2 heterocycles. The molecule has 0 unspecified atom stereocenters. The van der Waals surface area contributed by atoms with Crippen LogP contribution >= 0.6 is 11.6 Å². The van der Waals surface area contributed by atoms with Gasteiger partial charge in [0.2, 0.25) is 0 Å². The number of hydrogen-bond acceptors (Lipinski definition) is 5. The van der Waals surface area contributed by atoms with Gasteiger partial charge in [-0.25, -0.2) is 0 Å². The highest BCUT2D eigenvalue weighted by Gasteiger charge is 2.32. The lowest BCUT2D eigenvalue weighted by atomic mass is 9.78. The van der Waals surface area contributed by atoms with Gasteiger partial charge in [-0.05, 0) is 31.6 Å². The highest BCUT2D eigenvalue weighted by atomic mass is 35.5. The van der Waals surface area contributed by atoms with Crippen molar-refractivity contribution in [3.63, 3.8) is 0 Å². The number of aliphatic hydroxyl groups is 1. The van der Waals surface area contributed by atoms with Gasteiger partial charge < -0.3 is 10.4 Å². The molecule has 1 saturated carbocycles. The number of rotatable bonds is 4. The maximum atomic E-state index is 10.7. The molecule has 0 aliphatic heterocycles. The number of nitrogens with zero attached hydrogens (tertiary/aromatic N) is 4. The molecule has 3 rings (SSSR count). The predicted octanol–water partition coefficient (Wildman–Crippen LogP) is 2.52. The van der Waals surface area contributed by atoms with E-state index >= 15 is 0 Å². The lowest BCUT2D eigenvalue weighted by Gasteiger charge is -2.36. The fourth-order valence-electron chi connectivity index (χ4n) is 2.96. The summed E-state index contributed by atoms with van der Waals surface area (Å²) < 4.78 is 1.59. The largest absolute Gasteiger partial charge is 0.388 e. The van der Waals surface area contributed by atoms with E-state index in [4.69, 9.17) is 11.6 Å². The van der Waals surface area contributed by atoms with Crippen LogP contribution < -0.4 is 5.32 Å². The molecule has 2 aromatic rings. The van der Waals surface area contributed by atoms with Crippen molar-refractivity contribution in [2.45, 2.75) is 44.6 Å². The number of aromatic nitrogens is 4. The van der Waals surface area contributed by atoms with E-state index in [1.807, 2.05) is 0 Å². The van der Waals surface area contributed by atoms with Crippen molar-refractivity contribution < 1.29 is 5.11 Å². The standard InChI is InChI=1S/C14H20ClN5O/c1-2-10-3-5-14(21,6-4-10)8-16-12-7-11(15)19-13-17-9-18-20(12)13/h7,9-10,16,21H,2-6,8H2,1H3. The first kappa shape index (κ1) is 14.5. The Balaban J connectivity index is 1.70. The van der Waals surface area contributed by atoms with Crippen LogP contribution in [-0.2, 0) is 0 Å². The average Bonchev–Trinajstić information content (AvgIpc) is 2.94. The zero-order valence-electron chi connectivity index (χ0n) is 12.1. The fourth-order valence-corrected chi connectivity index (χ4v) is 3.14. The molecule has 0 bridgehead atoms. The van der Waals surface area contributed by atoms with Crippen LogP contribution in [0.1, 0.15) is 39.0 Å². The molecule has 1 aliphatic rings. The van der Waals surface area contributed by atoms with Crippen molar-refractivity contribution in [2.24, 2.45) is 5.92 Å². The van der Waals surface area contributed by atoms with Gasteiger partial charge in [-0.3, -0.25) is 0 Å². The first-order valence-corrected chi connectivity index (χ1v) is 7.80. The summed E-state index contributed by atoms with van der Waals surface area (Å²) >= 11 is 5.98. The molecule has 1 aliphatic carbocycles. The van der Waals surface area contributed by atoms with Crippen molar-refractivity contribution in [1.82, 2.24) is 19.6 Å². The van der Waals surface area contributed by atoms with Gasteiger partial charge in [0.15, 0.2) is 0 Å². The molecule has 0 radical (unpaired) electrons. The third-order valence-corrected chi connectivity index (χ3v) is 4.63. The summed E-state index contributed by atoms with van der Waals surface area (Å²) in [5.74, 6) is 1.91. The van der Waals surface area contributed by atoms with Gasteiger partial charge in [0.25, 0.3) is 5.78 Å². The van der Waals surface area contributed by atoms with Crippen LogP contribution in [0.5, 0.6) is 0 Å². The summed E-state index contributed by atoms with van der Waals surface area (Å²) in [4.78, 5) is 8.11. The van der Waals surface area contributed by atoms with Gasteiger partial charge in [0, 0.05) is 12.6 Å². The number of fused-ring (bicyclic) bond motifs is 1. The second kappa shape index (κ2) is 5.77. The van der Waals surface area contributed by atoms with Crippen LogP contribution in [0.4, 0.5) is 5.82 Å². The normalized spacial score (nSPS) is 26.1. The lowest BCUT2D eigenvalue weighted by Crippen LogP contribution is -2.40. The number of halogens is 1. The van der Waals surface area contributed by atoms with E-state index < -0.39 is 5.60 Å². The lowest BCUT2D eigenvalue weighted by molar-refractivity contribution is 0.00220. The Labute approximate surface area is 128 Å². The van der Waals surface area contributed by atoms with Crippen molar-refractivity contribution in [2.75, 3.05) is 11.9 Å². The molecule has 2 aromatic heterocycles. The minimum Gasteiger partial charge on any atom is -0.388 e. The summed E-state index contributed by atoms with van der Waals surface area (Å²) in [6.07, 6.45) is 6.47. The van der Waals surface area contributed by atoms with Crippen LogP contribution in [0, 0.1) is 5.92 Å². The van der Waals surface area contributed by atoms with Gasteiger partial charge in [-0.2, -0.15) is 19.6 Å². The summed E-state index contributed by atoms with van der Waals surface area (Å²) in [5.41, 5.74) is -0.658. The second-order valence-corrected chi connectivity index (χ2v) is 6.25. The van der Waals surface area contributed by atoms with E-state index in [1.165, 1.54) is 12.7 Å². The Bertz CT molecular complexity index is 621. The molecule has 6 nitrogen and oxygen atoms in total. The highest BCUT2D eigenvalue weighted by Crippen LogP contribution is 2.33. The van der Waals surface area contributed by atoms with Gasteiger partial charge in [-0.15, -0.1) is 0 Å². The number of anilines is 1. The van der Waals surface area contributed by atoms with E-state index in [-0.39, 0.29) is 0 Å². The van der Waals surface area contributed by atoms with Crippen LogP contribution in [0.2, 0.25) is 5.15 Å². The van der Waals surface area contributed by atoms with Gasteiger partial charge >= 0.3 is 0 Å². The molecule has 2 N–H and O–H groups in total. The number of nitrogens with one attached hydrogen (secondary N) is 1. The quantitative estimate of drug-likeness (QED) is 0.849. The monoisotopic (exact) mass is 309 g/mol. The Morgan fingerprint density at radius 3 is 2.95 bits per heavy atom. The van der Waals surface area contributed by atoms with Gasteiger partial charge in [0.05, 0.1) is 5.60 Å². The number of hydrogen-bond donors (Lipinski definition) is 2. The van der Waals surface area contributed by atoms with Crippen LogP contribution in [-0.4, -0.2) is 36.8 Å². The van der Waals surface area contributed by atoms with Crippen LogP contribution in [0.3, 0.4) is 0 Å². The van der Waals surface area contributed by atoms with E-state index in [0.29, 0.717) is 23.3 Å². The first-order chi connectivity index (χ1) is 10.1. The fraction of sp³-hybridized carbons (Fsp3) is 0.643. The maximum Gasteiger partial charge on any atom is 0.255 e. The summed E-state index contributed by atoms with van der Waals surface area (Å²) in [6.45, 7) is 2.70. The molecular formula is C14H20ClN5O. The Morgan fingerprint density at radius 2 is 2.24 bits per heavy atom. The van der Waals surface area contributed by atoms with Gasteiger partial charge in [0.1, 0.15) is 17.3 Å². The zero-order valence-corrected chi connectivity index (χ0v) is 12.8. The Kier molecular flexibility index (Phi) is 3.99. The summed E-state index contributed by atoms with van der Waals surface area (Å²) in [6, 6.07) is 1.70. The van der Waals surface area contributed by atoms with E-state index in [0.717, 1.165) is 31.6 Å². The molecule has 0 atom stereocenters. The van der Waals surface area contributed by atoms with Crippen molar-refractivity contribution in [3.05, 3.63) is 17.5 Å². The smallest absolute Gasteiger partial charge is 0.255 e. The first-order valence-electron chi connectivity index (χ1n) is 7.42. The third-order valence-electron chi connectivity index (χ3n) is 4.43. The topological polar surface area (TPSA) is 75.3 Å². The summed E-state index contributed by atoms with van der Waals surface area (Å²) in [7, 11) is 0. The SMILES string of the molecule is CCC1CCC(O)(CNc2cc(Cl)nc3ncnn23)CC1. The van der Waals surface area contributed by atoms with Crippen molar-refractivity contribution in [1.29, 1.82) is 0 Å². The zero-order chi connectivity index (χ0) is 14.9. The highest BCUT2D eigenvalue weighted by molar-refractivity contribution is 6.29. The predicted molar refractivity (Wildman–Crippen MR) is 81.5 cm³/mol. The molecule has 0 aromatic carbocycles. The van der Waals surface area contributed by atoms with E-state index in [2.05, 4.69) is 27.3 Å². The van der Waals surface area contributed by atoms with Gasteiger partial charge in [-0.1, -0.05) is 24.9 Å². The maximum absolute atomic E-state index is 10.7. The van der Waals surface area contributed by atoms with E-state index in [1.54, 1.807) is 10.6 Å². The molecular weight excluding hydrogens is 290 g/mol. The van der Waals surface area contributed by atoms with Crippen LogP contribution in [0.15, 0.2) is 12.4 Å². The third kappa shape index (κ3) is 3.11. The second-order valence-electron chi connectivity index (χ2n) is 5.87. The minimum atomic E-state index is -0.658. The Hall–Kier alpha value is -1.40. The molecule has 21 heavy (non-hydrogen) atoms. The molecule has 0 saturated heterocycles. The molecule has 0 spiro atoms. The van der Waals surface area contributed by atoms with Crippen LogP contribution in [0.25, 0.3) is 5.78 Å².